The molecular formula is C28H17N3O6. The van der Waals surface area contributed by atoms with Crippen molar-refractivity contribution in [3.63, 3.8) is 0 Å². The lowest BCUT2D eigenvalue weighted by Crippen LogP contribution is -2.05. The van der Waals surface area contributed by atoms with Gasteiger partial charge in [-0.25, -0.2) is 4.79 Å². The number of rotatable bonds is 8. The molecule has 0 bridgehead atoms. The van der Waals surface area contributed by atoms with Crippen LogP contribution in [-0.2, 0) is 11.3 Å². The van der Waals surface area contributed by atoms with Crippen molar-refractivity contribution in [2.24, 2.45) is 0 Å². The van der Waals surface area contributed by atoms with Crippen molar-refractivity contribution in [2.75, 3.05) is 0 Å². The van der Waals surface area contributed by atoms with Crippen LogP contribution in [0.1, 0.15) is 27.0 Å². The first-order valence-electron chi connectivity index (χ1n) is 10.9. The Balaban J connectivity index is 1.38. The third kappa shape index (κ3) is 6.27. The molecule has 4 aromatic rings. The van der Waals surface area contributed by atoms with Gasteiger partial charge in [-0.05, 0) is 66.2 Å². The van der Waals surface area contributed by atoms with E-state index >= 15 is 0 Å². The molecule has 0 heterocycles. The molecule has 9 heteroatoms. The molecule has 4 aromatic carbocycles. The maximum atomic E-state index is 12.6. The predicted octanol–water partition coefficient (Wildman–Crippen LogP) is 6.28. The van der Waals surface area contributed by atoms with Gasteiger partial charge in [0, 0.05) is 12.1 Å². The molecule has 0 radical (unpaired) electrons. The van der Waals surface area contributed by atoms with Crippen molar-refractivity contribution >= 4 is 11.7 Å². The molecule has 0 unspecified atom stereocenters. The first-order valence-corrected chi connectivity index (χ1v) is 10.9. The van der Waals surface area contributed by atoms with Gasteiger partial charge in [-0.15, -0.1) is 0 Å². The molecule has 9 nitrogen and oxygen atoms in total. The van der Waals surface area contributed by atoms with Gasteiger partial charge in [-0.1, -0.05) is 18.2 Å². The third-order valence-corrected chi connectivity index (χ3v) is 5.09. The molecule has 180 valence electrons. The molecule has 0 aliphatic carbocycles. The van der Waals surface area contributed by atoms with Gasteiger partial charge >= 0.3 is 5.97 Å². The lowest BCUT2D eigenvalue weighted by atomic mass is 10.1. The second kappa shape index (κ2) is 11.2. The minimum Gasteiger partial charge on any atom is -0.457 e. The van der Waals surface area contributed by atoms with E-state index in [4.69, 9.17) is 19.5 Å². The van der Waals surface area contributed by atoms with Crippen LogP contribution in [0.15, 0.2) is 91.0 Å². The van der Waals surface area contributed by atoms with Crippen LogP contribution >= 0.6 is 0 Å². The standard InChI is InChI=1S/C28H17N3O6/c29-16-21-7-10-27(15-22(21)17-30)37-26-6-2-4-20(14-26)28(32)35-18-19-3-1-5-25(13-19)36-24-11-8-23(9-12-24)31(33)34/h1-15H,18H2. The van der Waals surface area contributed by atoms with Crippen LogP contribution in [0.2, 0.25) is 0 Å². The highest BCUT2D eigenvalue weighted by atomic mass is 16.6. The Hall–Kier alpha value is -5.67. The van der Waals surface area contributed by atoms with Gasteiger partial charge in [0.1, 0.15) is 41.7 Å². The van der Waals surface area contributed by atoms with Crippen molar-refractivity contribution in [3.8, 4) is 35.1 Å². The summed E-state index contributed by atoms with van der Waals surface area (Å²) in [5.41, 5.74) is 1.35. The lowest BCUT2D eigenvalue weighted by molar-refractivity contribution is -0.384. The summed E-state index contributed by atoms with van der Waals surface area (Å²) in [6, 6.07) is 27.4. The number of esters is 1. The SMILES string of the molecule is N#Cc1ccc(Oc2cccc(C(=O)OCc3cccc(Oc4ccc([N+](=O)[O-])cc4)c3)c2)cc1C#N. The van der Waals surface area contributed by atoms with Crippen LogP contribution in [0.25, 0.3) is 0 Å². The number of ether oxygens (including phenoxy) is 3. The smallest absolute Gasteiger partial charge is 0.338 e. The van der Waals surface area contributed by atoms with Crippen LogP contribution in [0.5, 0.6) is 23.0 Å². The second-order valence-electron chi connectivity index (χ2n) is 7.64. The van der Waals surface area contributed by atoms with E-state index in [2.05, 4.69) is 0 Å². The van der Waals surface area contributed by atoms with Crippen molar-refractivity contribution in [1.82, 2.24) is 0 Å². The molecule has 0 aliphatic rings. The van der Waals surface area contributed by atoms with Crippen molar-refractivity contribution in [3.05, 3.63) is 123 Å². The molecule has 0 fully saturated rings. The van der Waals surface area contributed by atoms with E-state index < -0.39 is 10.9 Å². The Morgan fingerprint density at radius 2 is 1.38 bits per heavy atom. The molecule has 0 aliphatic heterocycles. The zero-order chi connectivity index (χ0) is 26.2. The summed E-state index contributed by atoms with van der Waals surface area (Å²) < 4.78 is 16.9. The number of hydrogen-bond acceptors (Lipinski definition) is 8. The van der Waals surface area contributed by atoms with Gasteiger partial charge < -0.3 is 14.2 Å². The fourth-order valence-electron chi connectivity index (χ4n) is 3.30. The topological polar surface area (TPSA) is 135 Å². The number of nitro groups is 1. The molecule has 37 heavy (non-hydrogen) atoms. The zero-order valence-electron chi connectivity index (χ0n) is 19.2. The average molecular weight is 491 g/mol. The highest BCUT2D eigenvalue weighted by molar-refractivity contribution is 5.89. The van der Waals surface area contributed by atoms with Gasteiger partial charge in [0.2, 0.25) is 0 Å². The summed E-state index contributed by atoms with van der Waals surface area (Å²) in [4.78, 5) is 22.9. The number of nitrogens with zero attached hydrogens (tertiary/aromatic N) is 3. The Bertz CT molecular complexity index is 1550. The minimum atomic E-state index is -0.565. The summed E-state index contributed by atoms with van der Waals surface area (Å²) in [7, 11) is 0. The predicted molar refractivity (Wildman–Crippen MR) is 131 cm³/mol. The van der Waals surface area contributed by atoms with Gasteiger partial charge in [0.05, 0.1) is 21.6 Å². The highest BCUT2D eigenvalue weighted by Crippen LogP contribution is 2.26. The third-order valence-electron chi connectivity index (χ3n) is 5.09. The van der Waals surface area contributed by atoms with E-state index in [1.807, 2.05) is 12.1 Å². The molecule has 0 amide bonds. The Labute approximate surface area is 211 Å². The molecule has 4 rings (SSSR count). The van der Waals surface area contributed by atoms with Crippen molar-refractivity contribution in [1.29, 1.82) is 10.5 Å². The average Bonchev–Trinajstić information content (AvgIpc) is 2.92. The zero-order valence-corrected chi connectivity index (χ0v) is 19.2. The van der Waals surface area contributed by atoms with Crippen LogP contribution in [0.4, 0.5) is 5.69 Å². The Morgan fingerprint density at radius 3 is 2.08 bits per heavy atom. The summed E-state index contributed by atoms with van der Waals surface area (Å²) >= 11 is 0. The molecule has 0 saturated carbocycles. The largest absolute Gasteiger partial charge is 0.457 e. The van der Waals surface area contributed by atoms with Crippen LogP contribution < -0.4 is 9.47 Å². The van der Waals surface area contributed by atoms with E-state index in [9.17, 15) is 20.2 Å². The van der Waals surface area contributed by atoms with E-state index in [0.717, 1.165) is 0 Å². The molecule has 0 N–H and O–H groups in total. The second-order valence-corrected chi connectivity index (χ2v) is 7.64. The number of nitro benzene ring substituents is 1. The Morgan fingerprint density at radius 1 is 0.757 bits per heavy atom. The summed E-state index contributed by atoms with van der Waals surface area (Å²) in [6.07, 6.45) is 0. The minimum absolute atomic E-state index is 0.0114. The first kappa shape index (κ1) is 24.5. The van der Waals surface area contributed by atoms with Crippen LogP contribution in [0.3, 0.4) is 0 Å². The molecule has 0 saturated heterocycles. The van der Waals surface area contributed by atoms with Gasteiger partial charge in [-0.3, -0.25) is 10.1 Å². The molecule has 0 atom stereocenters. The number of carbonyl (C=O) groups is 1. The van der Waals surface area contributed by atoms with Crippen molar-refractivity contribution in [2.45, 2.75) is 6.61 Å². The normalized spacial score (nSPS) is 10.0. The number of nitriles is 2. The summed E-state index contributed by atoms with van der Waals surface area (Å²) in [6.45, 7) is -0.0114. The van der Waals surface area contributed by atoms with E-state index in [1.165, 1.54) is 42.5 Å². The Kier molecular flexibility index (Phi) is 7.38. The van der Waals surface area contributed by atoms with Crippen LogP contribution in [0, 0.1) is 32.8 Å². The van der Waals surface area contributed by atoms with Gasteiger partial charge in [-0.2, -0.15) is 10.5 Å². The fraction of sp³-hybridized carbons (Fsp3) is 0.0357. The van der Waals surface area contributed by atoms with Crippen LogP contribution in [-0.4, -0.2) is 10.9 Å². The molecular weight excluding hydrogens is 474 g/mol. The van der Waals surface area contributed by atoms with Gasteiger partial charge in [0.25, 0.3) is 5.69 Å². The van der Waals surface area contributed by atoms with E-state index in [1.54, 1.807) is 48.5 Å². The number of hydrogen-bond donors (Lipinski definition) is 0. The molecule has 0 aromatic heterocycles. The lowest BCUT2D eigenvalue weighted by Gasteiger charge is -2.10. The summed E-state index contributed by atoms with van der Waals surface area (Å²) in [5.74, 6) is 1.06. The van der Waals surface area contributed by atoms with Crippen molar-refractivity contribution < 1.29 is 23.9 Å². The monoisotopic (exact) mass is 491 g/mol. The maximum Gasteiger partial charge on any atom is 0.338 e. The number of carbonyl (C=O) groups excluding carboxylic acids is 1. The first-order chi connectivity index (χ1) is 17.9. The van der Waals surface area contributed by atoms with Gasteiger partial charge in [0.15, 0.2) is 0 Å². The quantitative estimate of drug-likeness (QED) is 0.160. The number of benzene rings is 4. The highest BCUT2D eigenvalue weighted by Gasteiger charge is 2.11. The summed E-state index contributed by atoms with van der Waals surface area (Å²) in [5, 5.41) is 29.0. The molecule has 0 spiro atoms. The van der Waals surface area contributed by atoms with E-state index in [-0.39, 0.29) is 29.0 Å². The maximum absolute atomic E-state index is 12.6. The fourth-order valence-corrected chi connectivity index (χ4v) is 3.30. The van der Waals surface area contributed by atoms with E-state index in [0.29, 0.717) is 28.6 Å². The number of non-ortho nitro benzene ring substituents is 1.